The highest BCUT2D eigenvalue weighted by Gasteiger charge is 2.46. The zero-order valence-electron chi connectivity index (χ0n) is 18.8. The maximum Gasteiger partial charge on any atom is 0.318 e. The average Bonchev–Trinajstić information content (AvgIpc) is 3.14. The number of rotatable bonds is 4. The van der Waals surface area contributed by atoms with Gasteiger partial charge in [-0.2, -0.15) is 0 Å². The first kappa shape index (κ1) is 20.2. The van der Waals surface area contributed by atoms with E-state index < -0.39 is 5.54 Å². The van der Waals surface area contributed by atoms with E-state index in [1.165, 1.54) is 5.56 Å². The Kier molecular flexibility index (Phi) is 4.48. The Labute approximate surface area is 196 Å². The standard InChI is InChI=1S/C25H26N6OS/c1-14-12-33-21-20(14)27-13-28-23(21)29-19-10-26-22-17(19)11-31(25(22,2)3)24(32)30-18-9-16(18)15-7-5-4-6-8-15/h4-8,10,12-13,16,18,26H,9,11H2,1-3H3,(H,30,32)(H,27,28,29)/t16-,18+/m1/s1. The maximum atomic E-state index is 13.3. The Hall–Kier alpha value is -3.39. The lowest BCUT2D eigenvalue weighted by molar-refractivity contribution is 0.142. The number of nitrogens with one attached hydrogen (secondary N) is 3. The molecule has 0 bridgehead atoms. The van der Waals surface area contributed by atoms with Crippen LogP contribution in [0.3, 0.4) is 0 Å². The highest BCUT2D eigenvalue weighted by atomic mass is 32.1. The van der Waals surface area contributed by atoms with Crippen LogP contribution in [0.1, 0.15) is 48.6 Å². The molecule has 1 fully saturated rings. The molecular formula is C25H26N6OS. The second kappa shape index (κ2) is 7.31. The summed E-state index contributed by atoms with van der Waals surface area (Å²) < 4.78 is 1.04. The van der Waals surface area contributed by atoms with Crippen LogP contribution in [0.2, 0.25) is 0 Å². The van der Waals surface area contributed by atoms with E-state index in [1.807, 2.05) is 17.2 Å². The van der Waals surface area contributed by atoms with E-state index in [0.29, 0.717) is 12.5 Å². The molecule has 1 aliphatic carbocycles. The summed E-state index contributed by atoms with van der Waals surface area (Å²) in [6, 6.07) is 10.6. The summed E-state index contributed by atoms with van der Waals surface area (Å²) >= 11 is 1.64. The Balaban J connectivity index is 1.21. The van der Waals surface area contributed by atoms with Gasteiger partial charge in [-0.15, -0.1) is 11.3 Å². The number of nitrogens with zero attached hydrogens (tertiary/aromatic N) is 3. The van der Waals surface area contributed by atoms with Crippen molar-refractivity contribution in [1.82, 2.24) is 25.2 Å². The molecule has 8 heteroatoms. The summed E-state index contributed by atoms with van der Waals surface area (Å²) in [5, 5.41) is 8.84. The third-order valence-electron chi connectivity index (χ3n) is 6.95. The van der Waals surface area contributed by atoms with Crippen LogP contribution in [0.5, 0.6) is 0 Å². The number of benzene rings is 1. The predicted molar refractivity (Wildman–Crippen MR) is 131 cm³/mol. The minimum Gasteiger partial charge on any atom is -0.361 e. The lowest BCUT2D eigenvalue weighted by Gasteiger charge is -2.32. The van der Waals surface area contributed by atoms with Crippen LogP contribution in [0.25, 0.3) is 10.2 Å². The largest absolute Gasteiger partial charge is 0.361 e. The Bertz CT molecular complexity index is 1360. The third-order valence-corrected chi connectivity index (χ3v) is 8.04. The monoisotopic (exact) mass is 458 g/mol. The van der Waals surface area contributed by atoms with Crippen LogP contribution in [-0.2, 0) is 12.1 Å². The van der Waals surface area contributed by atoms with Gasteiger partial charge in [-0.25, -0.2) is 14.8 Å². The lowest BCUT2D eigenvalue weighted by Crippen LogP contribution is -2.47. The Morgan fingerprint density at radius 2 is 2.06 bits per heavy atom. The van der Waals surface area contributed by atoms with Crippen molar-refractivity contribution in [3.8, 4) is 0 Å². The van der Waals surface area contributed by atoms with Crippen molar-refractivity contribution in [3.05, 3.63) is 70.6 Å². The number of H-pyrrole nitrogens is 1. The van der Waals surface area contributed by atoms with Crippen LogP contribution < -0.4 is 10.6 Å². The van der Waals surface area contributed by atoms with Crippen LogP contribution >= 0.6 is 11.3 Å². The molecule has 4 aromatic rings. The lowest BCUT2D eigenvalue weighted by atomic mass is 10.0. The van der Waals surface area contributed by atoms with Crippen molar-refractivity contribution in [2.75, 3.05) is 5.32 Å². The van der Waals surface area contributed by atoms with Crippen molar-refractivity contribution in [2.24, 2.45) is 0 Å². The molecule has 2 atom stereocenters. The van der Waals surface area contributed by atoms with Crippen molar-refractivity contribution in [3.63, 3.8) is 0 Å². The maximum absolute atomic E-state index is 13.3. The third kappa shape index (κ3) is 3.28. The fourth-order valence-corrected chi connectivity index (χ4v) is 5.88. The van der Waals surface area contributed by atoms with Gasteiger partial charge in [0.2, 0.25) is 0 Å². The minimum atomic E-state index is -0.434. The molecular weight excluding hydrogens is 432 g/mol. The van der Waals surface area contributed by atoms with E-state index in [0.717, 1.165) is 45.0 Å². The predicted octanol–water partition coefficient (Wildman–Crippen LogP) is 5.39. The molecule has 0 spiro atoms. The van der Waals surface area contributed by atoms with Gasteiger partial charge in [0.05, 0.1) is 28.0 Å². The van der Waals surface area contributed by atoms with Gasteiger partial charge >= 0.3 is 6.03 Å². The molecule has 2 aliphatic rings. The van der Waals surface area contributed by atoms with Gasteiger partial charge in [0.1, 0.15) is 6.33 Å². The molecule has 1 aromatic carbocycles. The number of aryl methyl sites for hydroxylation is 1. The molecule has 7 nitrogen and oxygen atoms in total. The van der Waals surface area contributed by atoms with Crippen molar-refractivity contribution in [1.29, 1.82) is 0 Å². The number of anilines is 2. The minimum absolute atomic E-state index is 0.0164. The summed E-state index contributed by atoms with van der Waals surface area (Å²) in [5.74, 6) is 1.20. The number of carbonyl (C=O) groups excluding carboxylic acids is 1. The number of urea groups is 1. The topological polar surface area (TPSA) is 85.9 Å². The Morgan fingerprint density at radius 3 is 2.88 bits per heavy atom. The van der Waals surface area contributed by atoms with Gasteiger partial charge in [0, 0.05) is 29.4 Å². The zero-order valence-corrected chi connectivity index (χ0v) is 19.7. The molecule has 33 heavy (non-hydrogen) atoms. The quantitative estimate of drug-likeness (QED) is 0.383. The zero-order chi connectivity index (χ0) is 22.7. The van der Waals surface area contributed by atoms with Crippen LogP contribution in [0.4, 0.5) is 16.3 Å². The number of hydrogen-bond donors (Lipinski definition) is 3. The molecule has 3 aromatic heterocycles. The summed E-state index contributed by atoms with van der Waals surface area (Å²) in [6.07, 6.45) is 4.56. The van der Waals surface area contributed by atoms with Gasteiger partial charge in [-0.3, -0.25) is 0 Å². The second-order valence-corrected chi connectivity index (χ2v) is 10.3. The van der Waals surface area contributed by atoms with E-state index in [2.05, 4.69) is 76.0 Å². The SMILES string of the molecule is Cc1csc2c(Nc3c[nH]c4c3CN(C(=O)N[C@H]3C[C@@H]3c3ccccc3)C4(C)C)ncnc12. The van der Waals surface area contributed by atoms with Crippen molar-refractivity contribution in [2.45, 2.75) is 51.2 Å². The summed E-state index contributed by atoms with van der Waals surface area (Å²) in [5.41, 5.74) is 6.10. The average molecular weight is 459 g/mol. The first-order chi connectivity index (χ1) is 15.9. The number of aromatic amines is 1. The number of carbonyl (C=O) groups is 1. The smallest absolute Gasteiger partial charge is 0.318 e. The fraction of sp³-hybridized carbons (Fsp3) is 0.320. The first-order valence-electron chi connectivity index (χ1n) is 11.2. The number of fused-ring (bicyclic) bond motifs is 2. The fourth-order valence-electron chi connectivity index (χ4n) is 4.94. The summed E-state index contributed by atoms with van der Waals surface area (Å²) in [4.78, 5) is 27.5. The van der Waals surface area contributed by atoms with E-state index in [-0.39, 0.29) is 12.1 Å². The van der Waals surface area contributed by atoms with E-state index in [9.17, 15) is 4.79 Å². The molecule has 0 radical (unpaired) electrons. The van der Waals surface area contributed by atoms with Gasteiger partial charge in [-0.1, -0.05) is 30.3 Å². The normalized spacial score (nSPS) is 20.6. The highest BCUT2D eigenvalue weighted by molar-refractivity contribution is 7.18. The van der Waals surface area contributed by atoms with Gasteiger partial charge in [0.25, 0.3) is 0 Å². The van der Waals surface area contributed by atoms with E-state index >= 15 is 0 Å². The van der Waals surface area contributed by atoms with Crippen LogP contribution in [0.15, 0.2) is 48.2 Å². The molecule has 3 N–H and O–H groups in total. The second-order valence-electron chi connectivity index (χ2n) is 9.45. The first-order valence-corrected chi connectivity index (χ1v) is 12.1. The molecule has 2 amide bonds. The molecule has 6 rings (SSSR count). The molecule has 1 saturated carbocycles. The molecule has 1 aliphatic heterocycles. The Morgan fingerprint density at radius 1 is 1.24 bits per heavy atom. The number of hydrogen-bond acceptors (Lipinski definition) is 5. The summed E-state index contributed by atoms with van der Waals surface area (Å²) in [6.45, 7) is 6.78. The van der Waals surface area contributed by atoms with Gasteiger partial charge < -0.3 is 20.5 Å². The number of thiophene rings is 1. The molecule has 0 saturated heterocycles. The van der Waals surface area contributed by atoms with E-state index in [1.54, 1.807) is 17.7 Å². The number of aromatic nitrogens is 3. The molecule has 0 unspecified atom stereocenters. The van der Waals surface area contributed by atoms with Crippen LogP contribution in [-0.4, -0.2) is 31.9 Å². The molecule has 4 heterocycles. The van der Waals surface area contributed by atoms with Gasteiger partial charge in [-0.05, 0) is 43.7 Å². The van der Waals surface area contributed by atoms with Gasteiger partial charge in [0.15, 0.2) is 5.82 Å². The van der Waals surface area contributed by atoms with Crippen molar-refractivity contribution >= 4 is 39.1 Å². The highest BCUT2D eigenvalue weighted by Crippen LogP contribution is 2.44. The number of amides is 2. The van der Waals surface area contributed by atoms with E-state index in [4.69, 9.17) is 0 Å². The molecule has 168 valence electrons. The summed E-state index contributed by atoms with van der Waals surface area (Å²) in [7, 11) is 0. The van der Waals surface area contributed by atoms with Crippen LogP contribution in [0, 0.1) is 6.92 Å². The van der Waals surface area contributed by atoms with Crippen molar-refractivity contribution < 1.29 is 4.79 Å².